The van der Waals surface area contributed by atoms with Crippen molar-refractivity contribution in [2.24, 2.45) is 5.73 Å². The predicted molar refractivity (Wildman–Crippen MR) is 88.3 cm³/mol. The molecule has 2 N–H and O–H groups in total. The van der Waals surface area contributed by atoms with Crippen LogP contribution in [0.4, 0.5) is 0 Å². The van der Waals surface area contributed by atoms with Crippen LogP contribution in [0.25, 0.3) is 10.4 Å². The smallest absolute Gasteiger partial charge is 0.263 e. The number of nitrogens with two attached hydrogens (primary N) is 1. The van der Waals surface area contributed by atoms with Gasteiger partial charge in [0.1, 0.15) is 0 Å². The number of halogens is 2. The highest BCUT2D eigenvalue weighted by Crippen LogP contribution is 2.33. The molecule has 1 atom stereocenters. The van der Waals surface area contributed by atoms with Crippen molar-refractivity contribution in [3.8, 4) is 10.4 Å². The molecule has 3 rings (SSSR count). The zero-order valence-corrected chi connectivity index (χ0v) is 13.5. The quantitative estimate of drug-likeness (QED) is 0.901. The molecule has 0 aliphatic carbocycles. The van der Waals surface area contributed by atoms with E-state index in [0.29, 0.717) is 16.6 Å². The Morgan fingerprint density at radius 3 is 2.71 bits per heavy atom. The van der Waals surface area contributed by atoms with Crippen LogP contribution >= 0.6 is 34.5 Å². The van der Waals surface area contributed by atoms with E-state index in [1.54, 1.807) is 6.07 Å². The molecule has 0 saturated carbocycles. The van der Waals surface area contributed by atoms with Gasteiger partial charge in [0.25, 0.3) is 5.91 Å². The van der Waals surface area contributed by atoms with Crippen molar-refractivity contribution >= 4 is 40.4 Å². The SMILES string of the molecule is N[C@@H]1CCN(C(=O)c2ccc(-c3ccc(Cl)c(Cl)c3)s2)C1. The molecule has 1 aliphatic rings. The first kappa shape index (κ1) is 14.9. The summed E-state index contributed by atoms with van der Waals surface area (Å²) in [6.45, 7) is 1.37. The number of nitrogens with zero attached hydrogens (tertiary/aromatic N) is 1. The average Bonchev–Trinajstić information content (AvgIpc) is 3.10. The molecule has 1 aromatic heterocycles. The Morgan fingerprint density at radius 2 is 2.05 bits per heavy atom. The van der Waals surface area contributed by atoms with E-state index in [4.69, 9.17) is 28.9 Å². The highest BCUT2D eigenvalue weighted by atomic mass is 35.5. The van der Waals surface area contributed by atoms with Crippen molar-refractivity contribution in [1.29, 1.82) is 0 Å². The Labute approximate surface area is 137 Å². The molecule has 0 radical (unpaired) electrons. The molecule has 1 amide bonds. The van der Waals surface area contributed by atoms with Crippen LogP contribution in [0.15, 0.2) is 30.3 Å². The van der Waals surface area contributed by atoms with Gasteiger partial charge in [-0.1, -0.05) is 29.3 Å². The minimum atomic E-state index is 0.0549. The fourth-order valence-corrected chi connectivity index (χ4v) is 3.65. The Hall–Kier alpha value is -1.07. The van der Waals surface area contributed by atoms with Crippen molar-refractivity contribution in [3.63, 3.8) is 0 Å². The summed E-state index contributed by atoms with van der Waals surface area (Å²) in [5.41, 5.74) is 6.81. The van der Waals surface area contributed by atoms with Crippen molar-refractivity contribution in [3.05, 3.63) is 45.3 Å². The third-order valence-corrected chi connectivity index (χ3v) is 5.39. The number of thiophene rings is 1. The van der Waals surface area contributed by atoms with Crippen LogP contribution in [-0.2, 0) is 0 Å². The Morgan fingerprint density at radius 1 is 1.24 bits per heavy atom. The standard InChI is InChI=1S/C15H14Cl2N2OS/c16-11-2-1-9(7-12(11)17)13-3-4-14(21-13)15(20)19-6-5-10(18)8-19/h1-4,7,10H,5-6,8,18H2/t10-/m1/s1. The number of rotatable bonds is 2. The van der Waals surface area contributed by atoms with Crippen LogP contribution in [0.3, 0.4) is 0 Å². The molecule has 3 nitrogen and oxygen atoms in total. The van der Waals surface area contributed by atoms with Crippen LogP contribution in [0.1, 0.15) is 16.1 Å². The lowest BCUT2D eigenvalue weighted by Gasteiger charge is -2.14. The second kappa shape index (κ2) is 5.97. The highest BCUT2D eigenvalue weighted by molar-refractivity contribution is 7.17. The Balaban J connectivity index is 1.82. The number of hydrogen-bond acceptors (Lipinski definition) is 3. The number of carbonyl (C=O) groups excluding carboxylic acids is 1. The Kier molecular flexibility index (Phi) is 4.22. The first-order valence-corrected chi connectivity index (χ1v) is 8.22. The summed E-state index contributed by atoms with van der Waals surface area (Å²) in [5, 5.41) is 1.04. The summed E-state index contributed by atoms with van der Waals surface area (Å²) in [5.74, 6) is 0.0549. The van der Waals surface area contributed by atoms with Crippen LogP contribution < -0.4 is 5.73 Å². The van der Waals surface area contributed by atoms with Crippen LogP contribution in [0.2, 0.25) is 10.0 Å². The van der Waals surface area contributed by atoms with Gasteiger partial charge in [0.05, 0.1) is 14.9 Å². The fourth-order valence-electron chi connectivity index (χ4n) is 2.38. The van der Waals surface area contributed by atoms with Gasteiger partial charge < -0.3 is 10.6 Å². The van der Waals surface area contributed by atoms with Crippen molar-refractivity contribution < 1.29 is 4.79 Å². The van der Waals surface area contributed by atoms with E-state index in [2.05, 4.69) is 0 Å². The molecule has 1 fully saturated rings. The summed E-state index contributed by atoms with van der Waals surface area (Å²) >= 11 is 13.4. The van der Waals surface area contributed by atoms with Gasteiger partial charge in [0.2, 0.25) is 0 Å². The lowest BCUT2D eigenvalue weighted by Crippen LogP contribution is -2.31. The van der Waals surface area contributed by atoms with E-state index in [9.17, 15) is 4.79 Å². The molecule has 1 saturated heterocycles. The molecule has 0 unspecified atom stereocenters. The van der Waals surface area contributed by atoms with Crippen LogP contribution in [0, 0.1) is 0 Å². The summed E-state index contributed by atoms with van der Waals surface area (Å²) in [7, 11) is 0. The first-order valence-electron chi connectivity index (χ1n) is 6.64. The van der Waals surface area contributed by atoms with Crippen molar-refractivity contribution in [2.75, 3.05) is 13.1 Å². The van der Waals surface area contributed by atoms with Crippen molar-refractivity contribution in [1.82, 2.24) is 4.90 Å². The molecule has 21 heavy (non-hydrogen) atoms. The third kappa shape index (κ3) is 3.09. The minimum absolute atomic E-state index is 0.0549. The maximum Gasteiger partial charge on any atom is 0.263 e. The number of amides is 1. The average molecular weight is 341 g/mol. The van der Waals surface area contributed by atoms with Crippen molar-refractivity contribution in [2.45, 2.75) is 12.5 Å². The third-order valence-electron chi connectivity index (χ3n) is 3.53. The van der Waals surface area contributed by atoms with Crippen LogP contribution in [0.5, 0.6) is 0 Å². The van der Waals surface area contributed by atoms with E-state index < -0.39 is 0 Å². The number of hydrogen-bond donors (Lipinski definition) is 1. The summed E-state index contributed by atoms with van der Waals surface area (Å²) in [4.78, 5) is 15.9. The zero-order chi connectivity index (χ0) is 15.0. The molecule has 0 bridgehead atoms. The number of likely N-dealkylation sites (tertiary alicyclic amines) is 1. The summed E-state index contributed by atoms with van der Waals surface area (Å²) in [6.07, 6.45) is 0.872. The second-order valence-corrected chi connectivity index (χ2v) is 6.99. The second-order valence-electron chi connectivity index (χ2n) is 5.09. The lowest BCUT2D eigenvalue weighted by molar-refractivity contribution is 0.0795. The van der Waals surface area contributed by atoms with E-state index in [0.717, 1.165) is 28.3 Å². The molecule has 1 aromatic carbocycles. The molecule has 110 valence electrons. The van der Waals surface area contributed by atoms with Gasteiger partial charge in [0, 0.05) is 24.0 Å². The largest absolute Gasteiger partial charge is 0.336 e. The summed E-state index contributed by atoms with van der Waals surface area (Å²) in [6, 6.07) is 9.38. The first-order chi connectivity index (χ1) is 10.0. The van der Waals surface area contributed by atoms with E-state index in [1.165, 1.54) is 11.3 Å². The van der Waals surface area contributed by atoms with Gasteiger partial charge in [-0.15, -0.1) is 11.3 Å². The molecular formula is C15H14Cl2N2OS. The van der Waals surface area contributed by atoms with E-state index in [1.807, 2.05) is 29.2 Å². The maximum absolute atomic E-state index is 12.4. The normalized spacial score (nSPS) is 18.2. The minimum Gasteiger partial charge on any atom is -0.336 e. The predicted octanol–water partition coefficient (Wildman–Crippen LogP) is 3.90. The molecule has 0 spiro atoms. The zero-order valence-electron chi connectivity index (χ0n) is 11.2. The molecular weight excluding hydrogens is 327 g/mol. The fraction of sp³-hybridized carbons (Fsp3) is 0.267. The van der Waals surface area contributed by atoms with Gasteiger partial charge >= 0.3 is 0 Å². The van der Waals surface area contributed by atoms with E-state index in [-0.39, 0.29) is 11.9 Å². The lowest BCUT2D eigenvalue weighted by atomic mass is 10.2. The van der Waals surface area contributed by atoms with Gasteiger partial charge in [-0.05, 0) is 36.2 Å². The molecule has 1 aliphatic heterocycles. The van der Waals surface area contributed by atoms with Crippen LogP contribution in [-0.4, -0.2) is 29.9 Å². The topological polar surface area (TPSA) is 46.3 Å². The molecule has 6 heteroatoms. The highest BCUT2D eigenvalue weighted by Gasteiger charge is 2.25. The number of benzene rings is 1. The van der Waals surface area contributed by atoms with Gasteiger partial charge in [-0.25, -0.2) is 0 Å². The van der Waals surface area contributed by atoms with E-state index >= 15 is 0 Å². The van der Waals surface area contributed by atoms with Gasteiger partial charge in [-0.3, -0.25) is 4.79 Å². The molecule has 2 aromatic rings. The molecule has 2 heterocycles. The van der Waals surface area contributed by atoms with Gasteiger partial charge in [-0.2, -0.15) is 0 Å². The maximum atomic E-state index is 12.4. The number of carbonyl (C=O) groups is 1. The van der Waals surface area contributed by atoms with Gasteiger partial charge in [0.15, 0.2) is 0 Å². The summed E-state index contributed by atoms with van der Waals surface area (Å²) < 4.78 is 0. The Bertz CT molecular complexity index is 686. The monoisotopic (exact) mass is 340 g/mol.